The summed E-state index contributed by atoms with van der Waals surface area (Å²) >= 11 is 0. The number of halogens is 6. The van der Waals surface area contributed by atoms with Crippen LogP contribution < -0.4 is 39.0 Å². The number of aromatic amines is 2. The topological polar surface area (TPSA) is 253 Å². The Kier molecular flexibility index (Phi) is 15.0. The van der Waals surface area contributed by atoms with Gasteiger partial charge in [0.15, 0.2) is 0 Å². The first-order chi connectivity index (χ1) is 25.8. The smallest absolute Gasteiger partial charge is 0.870 e. The van der Waals surface area contributed by atoms with Crippen LogP contribution in [0, 0.1) is 27.7 Å². The number of esters is 1. The molecule has 6 N–H and O–H groups in total. The Morgan fingerprint density at radius 1 is 0.776 bits per heavy atom. The van der Waals surface area contributed by atoms with E-state index in [0.29, 0.717) is 18.5 Å². The summed E-state index contributed by atoms with van der Waals surface area (Å²) in [6, 6.07) is 0.653. The average molecular weight is 881 g/mol. The Morgan fingerprint density at radius 3 is 1.45 bits per heavy atom. The van der Waals surface area contributed by atoms with E-state index in [2.05, 4.69) is 29.6 Å². The molecule has 316 valence electrons. The number of carboxylic acids is 1. The van der Waals surface area contributed by atoms with Crippen LogP contribution >= 0.6 is 0 Å². The normalized spacial score (nSPS) is 19.4. The van der Waals surface area contributed by atoms with Gasteiger partial charge in [-0.2, -0.15) is 36.5 Å². The van der Waals surface area contributed by atoms with Crippen molar-refractivity contribution >= 4 is 32.0 Å². The molecular weight excluding hydrogens is 842 g/mol. The molecule has 0 aliphatic heterocycles. The Balaban J connectivity index is 0.000000301. The number of nitrogens with zero attached hydrogens (tertiary/aromatic N) is 4. The summed E-state index contributed by atoms with van der Waals surface area (Å²) in [6.45, 7) is 7.36. The minimum Gasteiger partial charge on any atom is -0.870 e. The predicted molar refractivity (Wildman–Crippen MR) is 185 cm³/mol. The van der Waals surface area contributed by atoms with Crippen LogP contribution in [0.5, 0.6) is 0 Å². The van der Waals surface area contributed by atoms with Crippen LogP contribution in [0.1, 0.15) is 99.3 Å². The second-order valence-electron chi connectivity index (χ2n) is 13.5. The maximum absolute atomic E-state index is 12.9. The van der Waals surface area contributed by atoms with Crippen LogP contribution in [0.25, 0.3) is 0 Å². The molecule has 2 fully saturated rings. The molecule has 0 atom stereocenters. The van der Waals surface area contributed by atoms with Crippen LogP contribution in [0.3, 0.4) is 0 Å². The number of aromatic carboxylic acids is 1. The third-order valence-electron chi connectivity index (χ3n) is 9.35. The number of H-pyrrole nitrogens is 2. The van der Waals surface area contributed by atoms with Crippen LogP contribution in [0.15, 0.2) is 34.6 Å². The number of rotatable bonds is 11. The summed E-state index contributed by atoms with van der Waals surface area (Å²) in [7, 11) is -7.89. The van der Waals surface area contributed by atoms with E-state index in [1.165, 1.54) is 36.2 Å². The Bertz CT molecular complexity index is 2340. The fourth-order valence-electron chi connectivity index (χ4n) is 6.25. The molecule has 58 heavy (non-hydrogen) atoms. The van der Waals surface area contributed by atoms with E-state index in [9.17, 15) is 52.8 Å². The van der Waals surface area contributed by atoms with E-state index < -0.39 is 67.5 Å². The molecule has 0 bridgehead atoms. The standard InChI is InChI=1S/C17H21F3N4O4S.C15H17F3N4O4S.Na.H2O/c1-4-28-16(25)13-7-15(21-9(13)2)29(26,27)23-11-5-12(6-11)24-8-14(10(3)22-24)17(18,19)20;1-7-11(14(23)24)5-13(19-7)27(25,26)21-9-3-10(4-9)22-6-12(8(2)20-22)15(16,17)18;;/h7-8,11-12,21,23H,4-6H2,1-3H3;5-6,9-10,19,21H,3-4H2,1-2H3,(H,23,24);;1H2/q;;+1;/p-1. The number of nitrogens with one attached hydrogen (secondary N) is 4. The number of carbonyl (C=O) groups excluding carboxylic acids is 1. The number of aryl methyl sites for hydroxylation is 4. The van der Waals surface area contributed by atoms with Crippen molar-refractivity contribution in [3.63, 3.8) is 0 Å². The van der Waals surface area contributed by atoms with Gasteiger partial charge in [0.25, 0.3) is 20.0 Å². The molecule has 0 saturated heterocycles. The quantitative estimate of drug-likeness (QED) is 0.0825. The Morgan fingerprint density at radius 2 is 1.14 bits per heavy atom. The van der Waals surface area contributed by atoms with Crippen molar-refractivity contribution in [2.24, 2.45) is 0 Å². The van der Waals surface area contributed by atoms with Crippen molar-refractivity contribution in [1.82, 2.24) is 39.0 Å². The van der Waals surface area contributed by atoms with Crippen LogP contribution in [0.4, 0.5) is 26.3 Å². The van der Waals surface area contributed by atoms with Gasteiger partial charge in [0, 0.05) is 35.9 Å². The van der Waals surface area contributed by atoms with Crippen molar-refractivity contribution in [1.29, 1.82) is 0 Å². The van der Waals surface area contributed by atoms with Gasteiger partial charge < -0.3 is 25.3 Å². The first-order valence-corrected chi connectivity index (χ1v) is 19.9. The second-order valence-corrected chi connectivity index (χ2v) is 16.8. The maximum Gasteiger partial charge on any atom is 1.00 e. The van der Waals surface area contributed by atoms with Crippen LogP contribution in [-0.4, -0.2) is 87.6 Å². The van der Waals surface area contributed by atoms with Gasteiger partial charge in [-0.25, -0.2) is 35.9 Å². The molecule has 4 aromatic rings. The molecule has 0 spiro atoms. The number of carboxylic acid groups (broad SMARTS) is 1. The summed E-state index contributed by atoms with van der Waals surface area (Å²) in [6.07, 6.45) is -5.91. The average Bonchev–Trinajstić information content (AvgIpc) is 3.81. The van der Waals surface area contributed by atoms with Gasteiger partial charge in [-0.05, 0) is 72.4 Å². The van der Waals surface area contributed by atoms with E-state index >= 15 is 0 Å². The van der Waals surface area contributed by atoms with Crippen LogP contribution in [-0.2, 0) is 37.1 Å². The van der Waals surface area contributed by atoms with E-state index in [0.717, 1.165) is 18.5 Å². The van der Waals surface area contributed by atoms with Gasteiger partial charge in [0.05, 0.1) is 52.3 Å². The van der Waals surface area contributed by atoms with Crippen LogP contribution in [0.2, 0.25) is 0 Å². The molecule has 0 aromatic carbocycles. The molecule has 6 rings (SSSR count). The SMILES string of the molecule is CCOC(=O)c1cc(S(=O)(=O)NC2CC(n3cc(C(F)(F)F)c(C)n3)C2)[nH]c1C.Cc1nn(C2CC(NS(=O)(=O)c3cc(C(=O)O)c(C)[nH]3)C2)cc1C(F)(F)F.[Na+].[OH-]. The summed E-state index contributed by atoms with van der Waals surface area (Å²) in [5, 5.41) is 16.3. The molecule has 4 heterocycles. The summed E-state index contributed by atoms with van der Waals surface area (Å²) in [5.74, 6) is -1.87. The van der Waals surface area contributed by atoms with Gasteiger partial charge >= 0.3 is 53.8 Å². The first-order valence-electron chi connectivity index (χ1n) is 16.9. The molecular formula is C32H39F6N8NaO9S2. The van der Waals surface area contributed by atoms with Gasteiger partial charge in [0.2, 0.25) is 0 Å². The number of aromatic nitrogens is 6. The Labute approximate surface area is 350 Å². The number of carbonyl (C=O) groups is 2. The Hall–Kier alpha value is -3.72. The fraction of sp³-hybridized carbons (Fsp3) is 0.500. The first kappa shape index (κ1) is 48.6. The molecule has 0 amide bonds. The van der Waals surface area contributed by atoms with E-state index in [1.54, 1.807) is 13.8 Å². The molecule has 2 aliphatic carbocycles. The number of hydrogen-bond donors (Lipinski definition) is 5. The third-order valence-corrected chi connectivity index (χ3v) is 12.2. The largest absolute Gasteiger partial charge is 1.00 e. The molecule has 2 aliphatic rings. The molecule has 0 unspecified atom stereocenters. The number of ether oxygens (including phenoxy) is 1. The van der Waals surface area contributed by atoms with E-state index in [1.807, 2.05) is 0 Å². The van der Waals surface area contributed by atoms with Gasteiger partial charge in [-0.1, -0.05) is 0 Å². The monoisotopic (exact) mass is 880 g/mol. The zero-order valence-corrected chi connectivity index (χ0v) is 35.4. The minimum atomic E-state index is -4.49. The molecule has 0 radical (unpaired) electrons. The van der Waals surface area contributed by atoms with Crippen molar-refractivity contribution in [3.8, 4) is 0 Å². The molecule has 26 heteroatoms. The number of alkyl halides is 6. The van der Waals surface area contributed by atoms with Gasteiger partial charge in [-0.15, -0.1) is 0 Å². The number of sulfonamides is 2. The molecule has 17 nitrogen and oxygen atoms in total. The summed E-state index contributed by atoms with van der Waals surface area (Å²) < 4.78 is 139. The van der Waals surface area contributed by atoms with Gasteiger partial charge in [-0.3, -0.25) is 9.36 Å². The second kappa shape index (κ2) is 17.9. The summed E-state index contributed by atoms with van der Waals surface area (Å²) in [4.78, 5) is 28.0. The zero-order valence-electron chi connectivity index (χ0n) is 31.8. The van der Waals surface area contributed by atoms with Gasteiger partial charge in [0.1, 0.15) is 10.1 Å². The van der Waals surface area contributed by atoms with Crippen molar-refractivity contribution in [2.45, 2.75) is 107 Å². The van der Waals surface area contributed by atoms with E-state index in [4.69, 9.17) is 9.84 Å². The minimum absolute atomic E-state index is 0. The molecule has 2 saturated carbocycles. The zero-order chi connectivity index (χ0) is 41.7. The van der Waals surface area contributed by atoms with E-state index in [-0.39, 0.29) is 105 Å². The van der Waals surface area contributed by atoms with Crippen molar-refractivity contribution in [3.05, 3.63) is 69.6 Å². The summed E-state index contributed by atoms with van der Waals surface area (Å²) in [5.41, 5.74) is -1.30. The molecule has 4 aromatic heterocycles. The fourth-order valence-corrected chi connectivity index (χ4v) is 8.88. The number of hydrogen-bond acceptors (Lipinski definition) is 10. The maximum atomic E-state index is 12.9. The predicted octanol–water partition coefficient (Wildman–Crippen LogP) is 1.76. The third kappa shape index (κ3) is 10.7. The van der Waals surface area contributed by atoms with Crippen molar-refractivity contribution < 1.29 is 97.6 Å². The van der Waals surface area contributed by atoms with Crippen molar-refractivity contribution in [2.75, 3.05) is 6.61 Å².